The number of hydrogen-bond donors (Lipinski definition) is 3. The summed E-state index contributed by atoms with van der Waals surface area (Å²) in [5.74, 6) is 5.32. The molecule has 102 valence electrons. The van der Waals surface area contributed by atoms with E-state index in [1.165, 1.54) is 6.20 Å². The molecule has 0 saturated carbocycles. The average Bonchev–Trinajstić information content (AvgIpc) is 2.37. The molecule has 18 heavy (non-hydrogen) atoms. The lowest BCUT2D eigenvalue weighted by Crippen LogP contribution is -2.31. The Labute approximate surface area is 107 Å². The molecule has 1 unspecified atom stereocenters. The van der Waals surface area contributed by atoms with Gasteiger partial charge >= 0.3 is 0 Å². The van der Waals surface area contributed by atoms with Crippen molar-refractivity contribution in [2.24, 2.45) is 11.8 Å². The smallest absolute Gasteiger partial charge is 0.260 e. The number of methoxy groups -OCH3 is 1. The highest BCUT2D eigenvalue weighted by Crippen LogP contribution is 2.16. The van der Waals surface area contributed by atoms with Gasteiger partial charge in [0.25, 0.3) is 10.0 Å². The van der Waals surface area contributed by atoms with E-state index >= 15 is 0 Å². The number of hydrazine groups is 1. The number of sulfonamides is 1. The highest BCUT2D eigenvalue weighted by molar-refractivity contribution is 7.89. The Morgan fingerprint density at radius 2 is 2.28 bits per heavy atom. The van der Waals surface area contributed by atoms with Crippen LogP contribution in [0.3, 0.4) is 0 Å². The van der Waals surface area contributed by atoms with Gasteiger partial charge in [0, 0.05) is 26.5 Å². The Balaban J connectivity index is 2.80. The first-order chi connectivity index (χ1) is 8.51. The van der Waals surface area contributed by atoms with E-state index in [1.54, 1.807) is 19.2 Å². The molecule has 7 nitrogen and oxygen atoms in total. The Kier molecular flexibility index (Phi) is 5.48. The number of nitrogen functional groups attached to an aromatic ring is 1. The molecule has 1 aromatic rings. The molecule has 0 spiro atoms. The summed E-state index contributed by atoms with van der Waals surface area (Å²) >= 11 is 0. The fourth-order valence-electron chi connectivity index (χ4n) is 1.38. The lowest BCUT2D eigenvalue weighted by Gasteiger charge is -2.13. The first kappa shape index (κ1) is 14.8. The summed E-state index contributed by atoms with van der Waals surface area (Å²) in [5, 5.41) is -0.114. The average molecular weight is 274 g/mol. The van der Waals surface area contributed by atoms with Gasteiger partial charge in [-0.25, -0.2) is 18.1 Å². The molecule has 1 aromatic heterocycles. The third-order valence-electron chi connectivity index (χ3n) is 2.25. The SMILES string of the molecule is COCC(C)CNS(=O)(=O)c1ncccc1NN. The van der Waals surface area contributed by atoms with Crippen LogP contribution in [-0.4, -0.2) is 33.7 Å². The number of ether oxygens (including phenoxy) is 1. The van der Waals surface area contributed by atoms with Crippen LogP contribution in [0.5, 0.6) is 0 Å². The molecule has 8 heteroatoms. The van der Waals surface area contributed by atoms with Crippen molar-refractivity contribution in [2.75, 3.05) is 25.7 Å². The zero-order valence-electron chi connectivity index (χ0n) is 10.4. The minimum Gasteiger partial charge on any atom is -0.384 e. The molecule has 0 fully saturated rings. The number of aromatic nitrogens is 1. The minimum absolute atomic E-state index is 0.0720. The third kappa shape index (κ3) is 3.91. The van der Waals surface area contributed by atoms with Gasteiger partial charge in [0.1, 0.15) is 0 Å². The van der Waals surface area contributed by atoms with Gasteiger partial charge in [-0.1, -0.05) is 6.92 Å². The van der Waals surface area contributed by atoms with Crippen LogP contribution in [0.4, 0.5) is 5.69 Å². The molecule has 1 heterocycles. The van der Waals surface area contributed by atoms with Crippen LogP contribution in [0.15, 0.2) is 23.4 Å². The largest absolute Gasteiger partial charge is 0.384 e. The van der Waals surface area contributed by atoms with Crippen LogP contribution < -0.4 is 16.0 Å². The van der Waals surface area contributed by atoms with Gasteiger partial charge in [0.15, 0.2) is 5.03 Å². The summed E-state index contributed by atoms with van der Waals surface area (Å²) in [4.78, 5) is 3.82. The lowest BCUT2D eigenvalue weighted by atomic mass is 10.2. The minimum atomic E-state index is -3.68. The quantitative estimate of drug-likeness (QED) is 0.474. The summed E-state index contributed by atoms with van der Waals surface area (Å²) in [7, 11) is -2.11. The Bertz CT molecular complexity index is 478. The lowest BCUT2D eigenvalue weighted by molar-refractivity contribution is 0.161. The van der Waals surface area contributed by atoms with Gasteiger partial charge in [-0.05, 0) is 18.1 Å². The zero-order valence-corrected chi connectivity index (χ0v) is 11.2. The van der Waals surface area contributed by atoms with Crippen LogP contribution in [0, 0.1) is 5.92 Å². The van der Waals surface area contributed by atoms with Crippen LogP contribution >= 0.6 is 0 Å². The summed E-state index contributed by atoms with van der Waals surface area (Å²) in [6.07, 6.45) is 1.40. The predicted octanol–water partition coefficient (Wildman–Crippen LogP) is -0.0720. The van der Waals surface area contributed by atoms with Gasteiger partial charge in [-0.2, -0.15) is 0 Å². The maximum absolute atomic E-state index is 12.0. The van der Waals surface area contributed by atoms with E-state index in [0.29, 0.717) is 6.61 Å². The molecule has 0 aliphatic heterocycles. The standard InChI is InChI=1S/C10H18N4O3S/c1-8(7-17-2)6-13-18(15,16)10-9(14-11)4-3-5-12-10/h3-5,8,13-14H,6-7,11H2,1-2H3. The first-order valence-electron chi connectivity index (χ1n) is 5.41. The van der Waals surface area contributed by atoms with Crippen molar-refractivity contribution in [3.63, 3.8) is 0 Å². The second-order valence-corrected chi connectivity index (χ2v) is 5.60. The van der Waals surface area contributed by atoms with Crippen molar-refractivity contribution in [1.29, 1.82) is 0 Å². The topological polar surface area (TPSA) is 106 Å². The van der Waals surface area contributed by atoms with Gasteiger partial charge < -0.3 is 10.2 Å². The molecule has 0 aromatic carbocycles. The Morgan fingerprint density at radius 3 is 2.89 bits per heavy atom. The van der Waals surface area contributed by atoms with E-state index in [9.17, 15) is 8.42 Å². The van der Waals surface area contributed by atoms with Gasteiger partial charge in [-0.3, -0.25) is 5.84 Å². The van der Waals surface area contributed by atoms with Crippen molar-refractivity contribution in [3.8, 4) is 0 Å². The van der Waals surface area contributed by atoms with E-state index in [0.717, 1.165) is 0 Å². The predicted molar refractivity (Wildman–Crippen MR) is 68.3 cm³/mol. The van der Waals surface area contributed by atoms with Crippen LogP contribution in [0.25, 0.3) is 0 Å². The molecule has 0 saturated heterocycles. The molecule has 0 amide bonds. The van der Waals surface area contributed by atoms with E-state index < -0.39 is 10.0 Å². The Hall–Kier alpha value is -1.22. The Morgan fingerprint density at radius 1 is 1.56 bits per heavy atom. The number of rotatable bonds is 7. The van der Waals surface area contributed by atoms with Crippen molar-refractivity contribution in [2.45, 2.75) is 11.9 Å². The molecule has 0 aliphatic carbocycles. The van der Waals surface area contributed by atoms with Crippen LogP contribution in [-0.2, 0) is 14.8 Å². The van der Waals surface area contributed by atoms with Crippen molar-refractivity contribution >= 4 is 15.7 Å². The molecule has 0 radical (unpaired) electrons. The molecule has 1 atom stereocenters. The highest BCUT2D eigenvalue weighted by atomic mass is 32.2. The van der Waals surface area contributed by atoms with Gasteiger partial charge in [-0.15, -0.1) is 0 Å². The second kappa shape index (κ2) is 6.64. The van der Waals surface area contributed by atoms with Crippen molar-refractivity contribution < 1.29 is 13.2 Å². The fourth-order valence-corrected chi connectivity index (χ4v) is 2.64. The molecule has 4 N–H and O–H groups in total. The number of nitrogens with zero attached hydrogens (tertiary/aromatic N) is 1. The monoisotopic (exact) mass is 274 g/mol. The van der Waals surface area contributed by atoms with E-state index in [-0.39, 0.29) is 23.2 Å². The number of hydrogen-bond acceptors (Lipinski definition) is 6. The van der Waals surface area contributed by atoms with Gasteiger partial charge in [0.05, 0.1) is 5.69 Å². The summed E-state index contributed by atoms with van der Waals surface area (Å²) in [5.41, 5.74) is 2.56. The number of pyridine rings is 1. The van der Waals surface area contributed by atoms with E-state index in [1.807, 2.05) is 6.92 Å². The summed E-state index contributed by atoms with van der Waals surface area (Å²) < 4.78 is 31.4. The van der Waals surface area contributed by atoms with Crippen molar-refractivity contribution in [3.05, 3.63) is 18.3 Å². The molecular weight excluding hydrogens is 256 g/mol. The molecule has 0 bridgehead atoms. The highest BCUT2D eigenvalue weighted by Gasteiger charge is 2.20. The van der Waals surface area contributed by atoms with Crippen molar-refractivity contribution in [1.82, 2.24) is 9.71 Å². The van der Waals surface area contributed by atoms with Gasteiger partial charge in [0.2, 0.25) is 0 Å². The summed E-state index contributed by atoms with van der Waals surface area (Å²) in [6, 6.07) is 3.14. The molecular formula is C10H18N4O3S. The number of nitrogens with two attached hydrogens (primary N) is 1. The second-order valence-electron chi connectivity index (χ2n) is 3.91. The van der Waals surface area contributed by atoms with E-state index in [4.69, 9.17) is 10.6 Å². The van der Waals surface area contributed by atoms with Crippen LogP contribution in [0.2, 0.25) is 0 Å². The first-order valence-corrected chi connectivity index (χ1v) is 6.89. The third-order valence-corrected chi connectivity index (χ3v) is 3.64. The zero-order chi connectivity index (χ0) is 13.6. The van der Waals surface area contributed by atoms with Crippen LogP contribution in [0.1, 0.15) is 6.92 Å². The maximum atomic E-state index is 12.0. The molecule has 1 rings (SSSR count). The molecule has 0 aliphatic rings. The number of anilines is 1. The summed E-state index contributed by atoms with van der Waals surface area (Å²) in [6.45, 7) is 2.63. The fraction of sp³-hybridized carbons (Fsp3) is 0.500. The normalized spacial score (nSPS) is 13.3. The number of nitrogens with one attached hydrogen (secondary N) is 2. The van der Waals surface area contributed by atoms with E-state index in [2.05, 4.69) is 15.1 Å². The maximum Gasteiger partial charge on any atom is 0.260 e.